The van der Waals surface area contributed by atoms with Crippen LogP contribution < -0.4 is 5.32 Å². The molecule has 0 fully saturated rings. The van der Waals surface area contributed by atoms with E-state index in [4.69, 9.17) is 11.6 Å². The van der Waals surface area contributed by atoms with Gasteiger partial charge < -0.3 is 9.88 Å². The molecule has 0 saturated heterocycles. The maximum absolute atomic E-state index is 12.4. The van der Waals surface area contributed by atoms with Gasteiger partial charge in [-0.1, -0.05) is 17.7 Å². The highest BCUT2D eigenvalue weighted by molar-refractivity contribution is 6.34. The summed E-state index contributed by atoms with van der Waals surface area (Å²) in [6, 6.07) is 15.2. The predicted molar refractivity (Wildman–Crippen MR) is 94.6 cm³/mol. The summed E-state index contributed by atoms with van der Waals surface area (Å²) in [5.41, 5.74) is 4.29. The van der Waals surface area contributed by atoms with Gasteiger partial charge in [0.05, 0.1) is 10.7 Å². The van der Waals surface area contributed by atoms with Crippen LogP contribution in [0.25, 0.3) is 5.69 Å². The lowest BCUT2D eigenvalue weighted by Crippen LogP contribution is -2.13. The second kappa shape index (κ2) is 6.31. The molecule has 4 heteroatoms. The van der Waals surface area contributed by atoms with E-state index in [-0.39, 0.29) is 5.91 Å². The lowest BCUT2D eigenvalue weighted by Gasteiger charge is -2.12. The molecule has 0 spiro atoms. The SMILES string of the molecule is Cc1cc(C)c(NC(=O)c2ccc(-n3cccc3)cc2)c(Cl)c1. The van der Waals surface area contributed by atoms with Crippen LogP contribution in [0.5, 0.6) is 0 Å². The number of nitrogens with zero attached hydrogens (tertiary/aromatic N) is 1. The fraction of sp³-hybridized carbons (Fsp3) is 0.105. The Morgan fingerprint density at radius 2 is 1.70 bits per heavy atom. The van der Waals surface area contributed by atoms with Gasteiger partial charge >= 0.3 is 0 Å². The first-order valence-corrected chi connectivity index (χ1v) is 7.74. The molecule has 23 heavy (non-hydrogen) atoms. The molecule has 1 N–H and O–H groups in total. The van der Waals surface area contributed by atoms with Gasteiger partial charge in [-0.3, -0.25) is 4.79 Å². The van der Waals surface area contributed by atoms with Crippen molar-refractivity contribution in [2.45, 2.75) is 13.8 Å². The first-order chi connectivity index (χ1) is 11.0. The summed E-state index contributed by atoms with van der Waals surface area (Å²) < 4.78 is 1.99. The molecule has 0 unspecified atom stereocenters. The Labute approximate surface area is 140 Å². The minimum atomic E-state index is -0.169. The molecule has 1 aromatic heterocycles. The lowest BCUT2D eigenvalue weighted by molar-refractivity contribution is 0.102. The van der Waals surface area contributed by atoms with Crippen LogP contribution in [0.3, 0.4) is 0 Å². The number of aromatic nitrogens is 1. The van der Waals surface area contributed by atoms with Gasteiger partial charge in [-0.2, -0.15) is 0 Å². The fourth-order valence-electron chi connectivity index (χ4n) is 2.55. The molecule has 1 heterocycles. The number of nitrogens with one attached hydrogen (secondary N) is 1. The highest BCUT2D eigenvalue weighted by Gasteiger charge is 2.11. The maximum atomic E-state index is 12.4. The normalized spacial score (nSPS) is 10.6. The number of hydrogen-bond donors (Lipinski definition) is 1. The van der Waals surface area contributed by atoms with Crippen LogP contribution in [0, 0.1) is 13.8 Å². The largest absolute Gasteiger partial charge is 0.324 e. The van der Waals surface area contributed by atoms with E-state index in [9.17, 15) is 4.79 Å². The van der Waals surface area contributed by atoms with Crippen LogP contribution >= 0.6 is 11.6 Å². The highest BCUT2D eigenvalue weighted by atomic mass is 35.5. The highest BCUT2D eigenvalue weighted by Crippen LogP contribution is 2.27. The molecule has 116 valence electrons. The Morgan fingerprint density at radius 3 is 2.30 bits per heavy atom. The van der Waals surface area contributed by atoms with Gasteiger partial charge in [0.15, 0.2) is 0 Å². The molecule has 3 nitrogen and oxygen atoms in total. The molecule has 0 radical (unpaired) electrons. The van der Waals surface area contributed by atoms with E-state index >= 15 is 0 Å². The third-order valence-corrected chi connectivity index (χ3v) is 4.00. The minimum absolute atomic E-state index is 0.169. The molecule has 1 amide bonds. The Morgan fingerprint density at radius 1 is 1.04 bits per heavy atom. The Bertz CT molecular complexity index is 813. The third kappa shape index (κ3) is 3.30. The number of carbonyl (C=O) groups excluding carboxylic acids is 1. The van der Waals surface area contributed by atoms with Crippen LogP contribution in [0.2, 0.25) is 5.02 Å². The predicted octanol–water partition coefficient (Wildman–Crippen LogP) is 5.00. The van der Waals surface area contributed by atoms with Crippen molar-refractivity contribution < 1.29 is 4.79 Å². The van der Waals surface area contributed by atoms with Gasteiger partial charge in [-0.25, -0.2) is 0 Å². The molecule has 0 aliphatic rings. The zero-order valence-electron chi connectivity index (χ0n) is 13.0. The Kier molecular flexibility index (Phi) is 4.22. The van der Waals surface area contributed by atoms with E-state index < -0.39 is 0 Å². The average Bonchev–Trinajstić information content (AvgIpc) is 3.05. The van der Waals surface area contributed by atoms with Crippen molar-refractivity contribution in [2.24, 2.45) is 0 Å². The van der Waals surface area contributed by atoms with Crippen LogP contribution in [0.1, 0.15) is 21.5 Å². The molecule has 2 aromatic carbocycles. The molecule has 3 rings (SSSR count). The molecule has 0 atom stereocenters. The second-order valence-corrected chi connectivity index (χ2v) is 5.94. The molecule has 0 bridgehead atoms. The topological polar surface area (TPSA) is 34.0 Å². The summed E-state index contributed by atoms with van der Waals surface area (Å²) in [5, 5.41) is 3.45. The van der Waals surface area contributed by atoms with E-state index in [0.29, 0.717) is 16.3 Å². The van der Waals surface area contributed by atoms with Crippen molar-refractivity contribution in [3.63, 3.8) is 0 Å². The van der Waals surface area contributed by atoms with Crippen molar-refractivity contribution in [1.29, 1.82) is 0 Å². The van der Waals surface area contributed by atoms with E-state index in [1.807, 2.05) is 79.3 Å². The van der Waals surface area contributed by atoms with Gasteiger partial charge in [0.25, 0.3) is 5.91 Å². The lowest BCUT2D eigenvalue weighted by atomic mass is 10.1. The van der Waals surface area contributed by atoms with Crippen LogP contribution in [-0.2, 0) is 0 Å². The number of rotatable bonds is 3. The minimum Gasteiger partial charge on any atom is -0.324 e. The summed E-state index contributed by atoms with van der Waals surface area (Å²) in [5.74, 6) is -0.169. The molecular formula is C19H17ClN2O. The van der Waals surface area contributed by atoms with Gasteiger partial charge in [-0.15, -0.1) is 0 Å². The quantitative estimate of drug-likeness (QED) is 0.722. The zero-order chi connectivity index (χ0) is 16.4. The monoisotopic (exact) mass is 324 g/mol. The number of aryl methyl sites for hydroxylation is 2. The first kappa shape index (κ1) is 15.4. The Balaban J connectivity index is 1.81. The summed E-state index contributed by atoms with van der Waals surface area (Å²) >= 11 is 6.24. The number of halogens is 1. The maximum Gasteiger partial charge on any atom is 0.255 e. The van der Waals surface area contributed by atoms with Crippen molar-refractivity contribution in [2.75, 3.05) is 5.32 Å². The summed E-state index contributed by atoms with van der Waals surface area (Å²) in [7, 11) is 0. The van der Waals surface area contributed by atoms with Crippen molar-refractivity contribution in [3.8, 4) is 5.69 Å². The number of anilines is 1. The number of amides is 1. The number of carbonyl (C=O) groups is 1. The molecular weight excluding hydrogens is 308 g/mol. The number of benzene rings is 2. The molecule has 0 saturated carbocycles. The van der Waals surface area contributed by atoms with Crippen LogP contribution in [0.15, 0.2) is 60.9 Å². The van der Waals surface area contributed by atoms with E-state index in [1.165, 1.54) is 0 Å². The second-order valence-electron chi connectivity index (χ2n) is 5.53. The van der Waals surface area contributed by atoms with Crippen molar-refractivity contribution in [3.05, 3.63) is 82.6 Å². The van der Waals surface area contributed by atoms with Gasteiger partial charge in [0, 0.05) is 23.6 Å². The van der Waals surface area contributed by atoms with E-state index in [1.54, 1.807) is 0 Å². The number of hydrogen-bond acceptors (Lipinski definition) is 1. The van der Waals surface area contributed by atoms with Crippen LogP contribution in [-0.4, -0.2) is 10.5 Å². The Hall–Kier alpha value is -2.52. The van der Waals surface area contributed by atoms with Crippen LogP contribution in [0.4, 0.5) is 5.69 Å². The average molecular weight is 325 g/mol. The van der Waals surface area contributed by atoms with Gasteiger partial charge in [0.1, 0.15) is 0 Å². The van der Waals surface area contributed by atoms with Gasteiger partial charge in [-0.05, 0) is 67.4 Å². The van der Waals surface area contributed by atoms with Crippen molar-refractivity contribution in [1.82, 2.24) is 4.57 Å². The standard InChI is InChI=1S/C19H17ClN2O/c1-13-11-14(2)18(17(20)12-13)21-19(23)15-5-7-16(8-6-15)22-9-3-4-10-22/h3-12H,1-2H3,(H,21,23). The van der Waals surface area contributed by atoms with Crippen molar-refractivity contribution >= 4 is 23.2 Å². The molecule has 0 aliphatic carbocycles. The summed E-state index contributed by atoms with van der Waals surface area (Å²) in [4.78, 5) is 12.4. The van der Waals surface area contributed by atoms with Gasteiger partial charge in [0.2, 0.25) is 0 Å². The third-order valence-electron chi connectivity index (χ3n) is 3.70. The van der Waals surface area contributed by atoms with E-state index in [0.717, 1.165) is 16.8 Å². The zero-order valence-corrected chi connectivity index (χ0v) is 13.8. The smallest absolute Gasteiger partial charge is 0.255 e. The molecule has 3 aromatic rings. The fourth-order valence-corrected chi connectivity index (χ4v) is 2.92. The molecule has 0 aliphatic heterocycles. The first-order valence-electron chi connectivity index (χ1n) is 7.36. The summed E-state index contributed by atoms with van der Waals surface area (Å²) in [6.45, 7) is 3.91. The summed E-state index contributed by atoms with van der Waals surface area (Å²) in [6.07, 6.45) is 3.93. The van der Waals surface area contributed by atoms with E-state index in [2.05, 4.69) is 5.32 Å².